The van der Waals surface area contributed by atoms with E-state index in [9.17, 15) is 15.3 Å². The Kier molecular flexibility index (Phi) is 3.78. The molecule has 0 aliphatic heterocycles. The van der Waals surface area contributed by atoms with Crippen LogP contribution in [0.4, 0.5) is 11.5 Å². The normalized spacial score (nSPS) is 10.8. The Morgan fingerprint density at radius 3 is 2.12 bits per heavy atom. The number of phenols is 3. The first-order valence-corrected chi connectivity index (χ1v) is 7.96. The second-order valence-electron chi connectivity index (χ2n) is 5.77. The Hall–Kier alpha value is -3.80. The molecule has 1 heterocycles. The van der Waals surface area contributed by atoms with E-state index in [0.717, 1.165) is 11.1 Å². The van der Waals surface area contributed by atoms with E-state index in [1.165, 1.54) is 12.1 Å². The molecule has 0 unspecified atom stereocenters. The molecule has 4 N–H and O–H groups in total. The van der Waals surface area contributed by atoms with Crippen molar-refractivity contribution in [3.8, 4) is 28.6 Å². The summed E-state index contributed by atoms with van der Waals surface area (Å²) in [5, 5.41) is 33.2. The highest BCUT2D eigenvalue weighted by Gasteiger charge is 2.14. The van der Waals surface area contributed by atoms with E-state index in [1.807, 2.05) is 54.6 Å². The van der Waals surface area contributed by atoms with Crippen molar-refractivity contribution in [3.63, 3.8) is 0 Å². The van der Waals surface area contributed by atoms with E-state index in [1.54, 1.807) is 0 Å². The highest BCUT2D eigenvalue weighted by atomic mass is 16.3. The van der Waals surface area contributed by atoms with Gasteiger partial charge in [0.15, 0.2) is 23.1 Å². The molecule has 0 saturated heterocycles. The molecule has 0 fully saturated rings. The summed E-state index contributed by atoms with van der Waals surface area (Å²) in [6.07, 6.45) is 0. The molecular weight excluding hydrogens is 330 g/mol. The van der Waals surface area contributed by atoms with Crippen LogP contribution in [0.2, 0.25) is 0 Å². The summed E-state index contributed by atoms with van der Waals surface area (Å²) in [7, 11) is 0. The molecule has 0 aliphatic rings. The number of rotatable bonds is 3. The first-order chi connectivity index (χ1) is 12.6. The van der Waals surface area contributed by atoms with Gasteiger partial charge in [0.2, 0.25) is 0 Å². The number of aromatic hydroxyl groups is 3. The molecule has 0 aliphatic carbocycles. The lowest BCUT2D eigenvalue weighted by Crippen LogP contribution is -1.99. The summed E-state index contributed by atoms with van der Waals surface area (Å²) in [5.74, 6) is -0.530. The summed E-state index contributed by atoms with van der Waals surface area (Å²) in [6.45, 7) is 0. The second-order valence-corrected chi connectivity index (χ2v) is 5.77. The predicted octanol–water partition coefficient (Wildman–Crippen LogP) is 4.16. The number of para-hydroxylation sites is 2. The number of phenolic OH excluding ortho intramolecular Hbond substituents is 3. The molecule has 0 saturated carbocycles. The fraction of sp³-hybridized carbons (Fsp3) is 0. The third kappa shape index (κ3) is 2.84. The molecule has 1 aromatic heterocycles. The van der Waals surface area contributed by atoms with Gasteiger partial charge in [0, 0.05) is 16.6 Å². The Balaban J connectivity index is 1.89. The highest BCUT2D eigenvalue weighted by Crippen LogP contribution is 2.38. The largest absolute Gasteiger partial charge is 0.504 e. The van der Waals surface area contributed by atoms with Crippen molar-refractivity contribution in [3.05, 3.63) is 66.7 Å². The Bertz CT molecular complexity index is 1070. The molecule has 26 heavy (non-hydrogen) atoms. The number of aromatic nitrogens is 2. The van der Waals surface area contributed by atoms with Crippen molar-refractivity contribution in [2.45, 2.75) is 0 Å². The lowest BCUT2D eigenvalue weighted by atomic mass is 10.1. The Labute approximate surface area is 149 Å². The number of benzene rings is 3. The second kappa shape index (κ2) is 6.25. The lowest BCUT2D eigenvalue weighted by molar-refractivity contribution is 0.368. The van der Waals surface area contributed by atoms with Gasteiger partial charge in [-0.25, -0.2) is 9.97 Å². The SMILES string of the molecule is Oc1cc(-c2nc(Nc3ccccc3)c3ccccc3n2)cc(O)c1O. The molecule has 6 nitrogen and oxygen atoms in total. The number of anilines is 2. The van der Waals surface area contributed by atoms with Crippen LogP contribution in [0.25, 0.3) is 22.3 Å². The maximum Gasteiger partial charge on any atom is 0.200 e. The standard InChI is InChI=1S/C20H15N3O3/c24-16-10-12(11-17(25)18(16)26)19-22-15-9-5-4-8-14(15)20(23-19)21-13-6-2-1-3-7-13/h1-11,24-26H,(H,21,22,23). The van der Waals surface area contributed by atoms with Crippen LogP contribution in [0.5, 0.6) is 17.2 Å². The Morgan fingerprint density at radius 2 is 1.38 bits per heavy atom. The molecule has 128 valence electrons. The van der Waals surface area contributed by atoms with Crippen molar-refractivity contribution in [2.24, 2.45) is 0 Å². The van der Waals surface area contributed by atoms with Crippen LogP contribution in [0, 0.1) is 0 Å². The molecule has 0 atom stereocenters. The van der Waals surface area contributed by atoms with Gasteiger partial charge in [-0.15, -0.1) is 0 Å². The summed E-state index contributed by atoms with van der Waals surface area (Å²) in [4.78, 5) is 9.06. The molecule has 4 aromatic rings. The van der Waals surface area contributed by atoms with Gasteiger partial charge in [-0.1, -0.05) is 30.3 Å². The van der Waals surface area contributed by atoms with Crippen molar-refractivity contribution >= 4 is 22.4 Å². The van der Waals surface area contributed by atoms with Crippen LogP contribution in [0.15, 0.2) is 66.7 Å². The summed E-state index contributed by atoms with van der Waals surface area (Å²) < 4.78 is 0. The Morgan fingerprint density at radius 1 is 0.731 bits per heavy atom. The van der Waals surface area contributed by atoms with Gasteiger partial charge in [0.05, 0.1) is 5.52 Å². The zero-order valence-electron chi connectivity index (χ0n) is 13.6. The fourth-order valence-corrected chi connectivity index (χ4v) is 2.69. The molecule has 3 aromatic carbocycles. The lowest BCUT2D eigenvalue weighted by Gasteiger charge is -2.12. The zero-order valence-corrected chi connectivity index (χ0v) is 13.6. The third-order valence-corrected chi connectivity index (χ3v) is 3.97. The number of fused-ring (bicyclic) bond motifs is 1. The number of nitrogens with one attached hydrogen (secondary N) is 1. The molecule has 0 bridgehead atoms. The van der Waals surface area contributed by atoms with Crippen LogP contribution in [0.3, 0.4) is 0 Å². The summed E-state index contributed by atoms with van der Waals surface area (Å²) in [6, 6.07) is 19.8. The van der Waals surface area contributed by atoms with Gasteiger partial charge < -0.3 is 20.6 Å². The minimum absolute atomic E-state index is 0.313. The van der Waals surface area contributed by atoms with E-state index in [0.29, 0.717) is 22.7 Å². The number of hydrogen-bond acceptors (Lipinski definition) is 6. The zero-order chi connectivity index (χ0) is 18.1. The van der Waals surface area contributed by atoms with E-state index in [2.05, 4.69) is 15.3 Å². The topological polar surface area (TPSA) is 98.5 Å². The molecular formula is C20H15N3O3. The van der Waals surface area contributed by atoms with Gasteiger partial charge in [-0.3, -0.25) is 0 Å². The molecule has 0 radical (unpaired) electrons. The predicted molar refractivity (Wildman–Crippen MR) is 99.7 cm³/mol. The first kappa shape index (κ1) is 15.7. The van der Waals surface area contributed by atoms with Crippen LogP contribution < -0.4 is 5.32 Å². The summed E-state index contributed by atoms with van der Waals surface area (Å²) >= 11 is 0. The average Bonchev–Trinajstić information content (AvgIpc) is 2.66. The minimum atomic E-state index is -0.572. The summed E-state index contributed by atoms with van der Waals surface area (Å²) in [5.41, 5.74) is 1.97. The quantitative estimate of drug-likeness (QED) is 0.416. The molecule has 0 spiro atoms. The monoisotopic (exact) mass is 345 g/mol. The van der Waals surface area contributed by atoms with Crippen molar-refractivity contribution < 1.29 is 15.3 Å². The van der Waals surface area contributed by atoms with E-state index >= 15 is 0 Å². The van der Waals surface area contributed by atoms with E-state index in [-0.39, 0.29) is 0 Å². The first-order valence-electron chi connectivity index (χ1n) is 7.96. The van der Waals surface area contributed by atoms with Crippen LogP contribution in [0.1, 0.15) is 0 Å². The van der Waals surface area contributed by atoms with Crippen LogP contribution in [-0.4, -0.2) is 25.3 Å². The van der Waals surface area contributed by atoms with Gasteiger partial charge in [0.1, 0.15) is 5.82 Å². The average molecular weight is 345 g/mol. The van der Waals surface area contributed by atoms with E-state index in [4.69, 9.17) is 0 Å². The van der Waals surface area contributed by atoms with Gasteiger partial charge in [-0.2, -0.15) is 0 Å². The van der Waals surface area contributed by atoms with Gasteiger partial charge in [-0.05, 0) is 36.4 Å². The van der Waals surface area contributed by atoms with Crippen molar-refractivity contribution in [1.29, 1.82) is 0 Å². The van der Waals surface area contributed by atoms with Crippen LogP contribution in [-0.2, 0) is 0 Å². The number of hydrogen-bond donors (Lipinski definition) is 4. The molecule has 6 heteroatoms. The molecule has 0 amide bonds. The maximum atomic E-state index is 9.78. The van der Waals surface area contributed by atoms with E-state index < -0.39 is 17.2 Å². The van der Waals surface area contributed by atoms with Crippen molar-refractivity contribution in [2.75, 3.05) is 5.32 Å². The van der Waals surface area contributed by atoms with Crippen molar-refractivity contribution in [1.82, 2.24) is 9.97 Å². The van der Waals surface area contributed by atoms with Crippen LogP contribution >= 0.6 is 0 Å². The maximum absolute atomic E-state index is 9.78. The fourth-order valence-electron chi connectivity index (χ4n) is 2.69. The smallest absolute Gasteiger partial charge is 0.200 e. The molecule has 4 rings (SSSR count). The van der Waals surface area contributed by atoms with Gasteiger partial charge in [0.25, 0.3) is 0 Å². The third-order valence-electron chi connectivity index (χ3n) is 3.97. The van der Waals surface area contributed by atoms with Gasteiger partial charge >= 0.3 is 0 Å². The number of nitrogens with zero attached hydrogens (tertiary/aromatic N) is 2. The highest BCUT2D eigenvalue weighted by molar-refractivity contribution is 5.92. The minimum Gasteiger partial charge on any atom is -0.504 e.